The number of rotatable bonds is 4. The first-order valence-corrected chi connectivity index (χ1v) is 9.64. The van der Waals surface area contributed by atoms with E-state index in [4.69, 9.17) is 4.42 Å². The van der Waals surface area contributed by atoms with E-state index < -0.39 is 11.8 Å². The molecule has 5 rings (SSSR count). The summed E-state index contributed by atoms with van der Waals surface area (Å²) in [7, 11) is 0. The number of furan rings is 1. The van der Waals surface area contributed by atoms with Crippen molar-refractivity contribution < 1.29 is 14.0 Å². The van der Waals surface area contributed by atoms with Crippen molar-refractivity contribution in [1.29, 1.82) is 0 Å². The van der Waals surface area contributed by atoms with Gasteiger partial charge < -0.3 is 9.40 Å². The minimum absolute atomic E-state index is 0.0171. The largest absolute Gasteiger partial charge is 0.450 e. The van der Waals surface area contributed by atoms with E-state index in [9.17, 15) is 9.59 Å². The number of hydrogen-bond donors (Lipinski definition) is 2. The fourth-order valence-corrected chi connectivity index (χ4v) is 3.77. The summed E-state index contributed by atoms with van der Waals surface area (Å²) in [5.74, 6) is -0.483. The Hall–Kier alpha value is -3.78. The van der Waals surface area contributed by atoms with Crippen LogP contribution >= 0.6 is 11.8 Å². The number of aromatic nitrogens is 2. The van der Waals surface area contributed by atoms with Crippen molar-refractivity contribution in [3.63, 3.8) is 0 Å². The normalized spacial score (nSPS) is 15.4. The fourth-order valence-electron chi connectivity index (χ4n) is 3.00. The predicted octanol–water partition coefficient (Wildman–Crippen LogP) is 3.77. The number of H-pyrrole nitrogens is 1. The minimum Gasteiger partial charge on any atom is -0.450 e. The van der Waals surface area contributed by atoms with Crippen molar-refractivity contribution in [2.75, 3.05) is 5.01 Å². The van der Waals surface area contributed by atoms with Gasteiger partial charge in [0, 0.05) is 0 Å². The van der Waals surface area contributed by atoms with Crippen molar-refractivity contribution in [2.45, 2.75) is 10.2 Å². The zero-order valence-corrected chi connectivity index (χ0v) is 15.8. The third-order valence-corrected chi connectivity index (χ3v) is 5.17. The van der Waals surface area contributed by atoms with Crippen LogP contribution in [-0.2, 0) is 9.59 Å². The smallest absolute Gasteiger partial charge is 0.282 e. The van der Waals surface area contributed by atoms with Crippen LogP contribution in [0, 0.1) is 0 Å². The number of imidazole rings is 1. The first-order chi connectivity index (χ1) is 14.2. The summed E-state index contributed by atoms with van der Waals surface area (Å²) in [6, 6.07) is 20.2. The molecular weight excluding hydrogens is 388 g/mol. The summed E-state index contributed by atoms with van der Waals surface area (Å²) in [5.41, 5.74) is 4.99. The third-order valence-electron chi connectivity index (χ3n) is 4.36. The van der Waals surface area contributed by atoms with Crippen LogP contribution in [0.4, 0.5) is 5.69 Å². The van der Waals surface area contributed by atoms with Gasteiger partial charge in [-0.3, -0.25) is 15.0 Å². The summed E-state index contributed by atoms with van der Waals surface area (Å²) in [4.78, 5) is 32.6. The molecular formula is C21H14N4O3S. The number of carbonyl (C=O) groups is 2. The molecule has 0 atom stereocenters. The summed E-state index contributed by atoms with van der Waals surface area (Å²) in [6.07, 6.45) is 1.45. The third kappa shape index (κ3) is 3.30. The Labute approximate surface area is 169 Å². The lowest BCUT2D eigenvalue weighted by Gasteiger charge is -2.13. The quantitative estimate of drug-likeness (QED) is 0.401. The Kier molecular flexibility index (Phi) is 4.18. The highest BCUT2D eigenvalue weighted by Gasteiger charge is 2.34. The first-order valence-electron chi connectivity index (χ1n) is 8.82. The molecule has 0 aliphatic carbocycles. The van der Waals surface area contributed by atoms with Crippen LogP contribution in [-0.4, -0.2) is 21.8 Å². The van der Waals surface area contributed by atoms with E-state index in [-0.39, 0.29) is 5.57 Å². The molecule has 3 heterocycles. The molecule has 4 aromatic rings. The average Bonchev–Trinajstić information content (AvgIpc) is 3.42. The van der Waals surface area contributed by atoms with Gasteiger partial charge in [-0.05, 0) is 54.2 Å². The van der Waals surface area contributed by atoms with Gasteiger partial charge in [-0.25, -0.2) is 9.99 Å². The molecule has 2 amide bonds. The molecule has 2 N–H and O–H groups in total. The number of hydrogen-bond acceptors (Lipinski definition) is 5. The molecule has 8 heteroatoms. The van der Waals surface area contributed by atoms with E-state index in [2.05, 4.69) is 15.4 Å². The summed E-state index contributed by atoms with van der Waals surface area (Å²) >= 11 is 1.33. The van der Waals surface area contributed by atoms with Gasteiger partial charge in [-0.2, -0.15) is 0 Å². The Morgan fingerprint density at radius 1 is 0.966 bits per heavy atom. The first kappa shape index (κ1) is 17.3. The molecule has 1 saturated heterocycles. The minimum atomic E-state index is -0.471. The van der Waals surface area contributed by atoms with E-state index in [1.54, 1.807) is 36.4 Å². The van der Waals surface area contributed by atoms with Crippen LogP contribution in [0.25, 0.3) is 17.1 Å². The summed E-state index contributed by atoms with van der Waals surface area (Å²) in [6.45, 7) is 0. The molecule has 0 spiro atoms. The lowest BCUT2D eigenvalue weighted by atomic mass is 10.2. The van der Waals surface area contributed by atoms with Gasteiger partial charge in [0.1, 0.15) is 11.3 Å². The number of anilines is 1. The van der Waals surface area contributed by atoms with E-state index >= 15 is 0 Å². The predicted molar refractivity (Wildman–Crippen MR) is 109 cm³/mol. The van der Waals surface area contributed by atoms with Gasteiger partial charge in [0.25, 0.3) is 11.8 Å². The SMILES string of the molecule is O=C1NN(c2ccccc2)C(=O)C1=Cc1ccc(Sc2nc3ccccc3[nH]2)o1. The monoisotopic (exact) mass is 402 g/mol. The van der Waals surface area contributed by atoms with Crippen molar-refractivity contribution in [3.8, 4) is 0 Å². The van der Waals surface area contributed by atoms with Crippen molar-refractivity contribution in [3.05, 3.63) is 78.1 Å². The van der Waals surface area contributed by atoms with Crippen molar-refractivity contribution >= 4 is 46.4 Å². The maximum atomic E-state index is 12.6. The van der Waals surface area contributed by atoms with E-state index in [1.807, 2.05) is 30.3 Å². The second-order valence-electron chi connectivity index (χ2n) is 6.29. The van der Waals surface area contributed by atoms with Gasteiger partial charge >= 0.3 is 0 Å². The molecule has 142 valence electrons. The number of aromatic amines is 1. The topological polar surface area (TPSA) is 91.2 Å². The zero-order valence-electron chi connectivity index (χ0n) is 15.0. The van der Waals surface area contributed by atoms with Gasteiger partial charge in [0.05, 0.1) is 16.7 Å². The number of fused-ring (bicyclic) bond motifs is 1. The lowest BCUT2D eigenvalue weighted by Crippen LogP contribution is -2.35. The molecule has 0 bridgehead atoms. The fraction of sp³-hybridized carbons (Fsp3) is 0. The van der Waals surface area contributed by atoms with E-state index in [1.165, 1.54) is 22.8 Å². The van der Waals surface area contributed by atoms with E-state index in [0.717, 1.165) is 11.0 Å². The number of amides is 2. The van der Waals surface area contributed by atoms with Gasteiger partial charge in [0.15, 0.2) is 10.2 Å². The molecule has 29 heavy (non-hydrogen) atoms. The molecule has 1 aliphatic heterocycles. The Bertz CT molecular complexity index is 1230. The standard InChI is InChI=1S/C21H14N4O3S/c26-19-15(20(27)25(24-19)13-6-2-1-3-7-13)12-14-10-11-18(28-14)29-21-22-16-8-4-5-9-17(16)23-21/h1-12H,(H,22,23)(H,24,26). The number of hydrazine groups is 1. The Morgan fingerprint density at radius 2 is 1.76 bits per heavy atom. The number of benzene rings is 2. The molecule has 7 nitrogen and oxygen atoms in total. The molecule has 0 saturated carbocycles. The Morgan fingerprint density at radius 3 is 2.59 bits per heavy atom. The highest BCUT2D eigenvalue weighted by atomic mass is 32.2. The molecule has 1 aliphatic rings. The van der Waals surface area contributed by atoms with Crippen LogP contribution in [0.5, 0.6) is 0 Å². The van der Waals surface area contributed by atoms with Crippen molar-refractivity contribution in [1.82, 2.24) is 15.4 Å². The summed E-state index contributed by atoms with van der Waals surface area (Å²) < 4.78 is 5.76. The van der Waals surface area contributed by atoms with Crippen molar-refractivity contribution in [2.24, 2.45) is 0 Å². The number of para-hydroxylation sites is 3. The summed E-state index contributed by atoms with van der Waals surface area (Å²) in [5, 5.41) is 2.52. The highest BCUT2D eigenvalue weighted by Crippen LogP contribution is 2.30. The van der Waals surface area contributed by atoms with Crippen LogP contribution in [0.15, 0.2) is 87.0 Å². The van der Waals surface area contributed by atoms with Crippen LogP contribution < -0.4 is 10.4 Å². The van der Waals surface area contributed by atoms with Gasteiger partial charge in [-0.1, -0.05) is 30.3 Å². The molecule has 2 aromatic carbocycles. The Balaban J connectivity index is 1.37. The second kappa shape index (κ2) is 6.99. The van der Waals surface area contributed by atoms with E-state index in [0.29, 0.717) is 21.7 Å². The lowest BCUT2D eigenvalue weighted by molar-refractivity contribution is -0.117. The second-order valence-corrected chi connectivity index (χ2v) is 7.29. The molecule has 0 radical (unpaired) electrons. The molecule has 1 fully saturated rings. The van der Waals surface area contributed by atoms with Crippen LogP contribution in [0.2, 0.25) is 0 Å². The maximum absolute atomic E-state index is 12.6. The van der Waals surface area contributed by atoms with Gasteiger partial charge in [-0.15, -0.1) is 0 Å². The molecule has 2 aromatic heterocycles. The van der Waals surface area contributed by atoms with Crippen LogP contribution in [0.1, 0.15) is 5.76 Å². The average molecular weight is 402 g/mol. The van der Waals surface area contributed by atoms with Crippen LogP contribution in [0.3, 0.4) is 0 Å². The number of carbonyl (C=O) groups excluding carboxylic acids is 2. The molecule has 0 unspecified atom stereocenters. The number of nitrogens with zero attached hydrogens (tertiary/aromatic N) is 2. The number of nitrogens with one attached hydrogen (secondary N) is 2. The maximum Gasteiger partial charge on any atom is 0.282 e. The highest BCUT2D eigenvalue weighted by molar-refractivity contribution is 7.99. The zero-order chi connectivity index (χ0) is 19.8. The van der Waals surface area contributed by atoms with Gasteiger partial charge in [0.2, 0.25) is 0 Å².